The van der Waals surface area contributed by atoms with Crippen LogP contribution in [0.4, 0.5) is 0 Å². The Balaban J connectivity index is 3.36. The first kappa shape index (κ1) is 12.1. The van der Waals surface area contributed by atoms with Gasteiger partial charge in [0.25, 0.3) is 0 Å². The van der Waals surface area contributed by atoms with Crippen molar-refractivity contribution >= 4 is 5.97 Å². The predicted octanol–water partition coefficient (Wildman–Crippen LogP) is 0.378. The number of rotatable bonds is 7. The highest BCUT2D eigenvalue weighted by atomic mass is 16.4. The van der Waals surface area contributed by atoms with Crippen LogP contribution in [0.2, 0.25) is 0 Å². The molecule has 0 spiro atoms. The third-order valence-corrected chi connectivity index (χ3v) is 1.77. The number of nitrogens with one attached hydrogen (secondary N) is 1. The molecule has 4 heteroatoms. The van der Waals surface area contributed by atoms with Gasteiger partial charge in [-0.2, -0.15) is 0 Å². The third-order valence-electron chi connectivity index (χ3n) is 1.77. The normalized spacial score (nSPS) is 12.5. The molecule has 4 nitrogen and oxygen atoms in total. The van der Waals surface area contributed by atoms with Gasteiger partial charge in [0.05, 0.1) is 6.10 Å². The summed E-state index contributed by atoms with van der Waals surface area (Å²) in [6.07, 6.45) is 1.07. The Kier molecular flexibility index (Phi) is 6.18. The van der Waals surface area contributed by atoms with Gasteiger partial charge in [0.15, 0.2) is 0 Å². The SMILES string of the molecule is C=C(CNCCC(O)CC)C(=O)O. The van der Waals surface area contributed by atoms with Crippen LogP contribution in [0.15, 0.2) is 12.2 Å². The van der Waals surface area contributed by atoms with Crippen molar-refractivity contribution in [2.75, 3.05) is 13.1 Å². The Morgan fingerprint density at radius 3 is 2.69 bits per heavy atom. The number of hydrogen-bond acceptors (Lipinski definition) is 3. The van der Waals surface area contributed by atoms with E-state index >= 15 is 0 Å². The molecule has 0 heterocycles. The van der Waals surface area contributed by atoms with Crippen LogP contribution < -0.4 is 5.32 Å². The lowest BCUT2D eigenvalue weighted by Crippen LogP contribution is -2.24. The fourth-order valence-electron chi connectivity index (χ4n) is 0.788. The maximum Gasteiger partial charge on any atom is 0.332 e. The number of aliphatic hydroxyl groups is 1. The fourth-order valence-corrected chi connectivity index (χ4v) is 0.788. The number of carboxylic acids is 1. The number of carbonyl (C=O) groups is 1. The summed E-state index contributed by atoms with van der Waals surface area (Å²) in [5.74, 6) is -0.983. The van der Waals surface area contributed by atoms with E-state index in [1.54, 1.807) is 0 Å². The highest BCUT2D eigenvalue weighted by Crippen LogP contribution is 1.94. The first-order valence-corrected chi connectivity index (χ1v) is 4.37. The number of carboxylic acid groups (broad SMARTS) is 1. The molecule has 1 atom stereocenters. The van der Waals surface area contributed by atoms with Crippen molar-refractivity contribution in [2.45, 2.75) is 25.9 Å². The van der Waals surface area contributed by atoms with Crippen molar-refractivity contribution in [3.63, 3.8) is 0 Å². The molecule has 0 saturated carbocycles. The van der Waals surface area contributed by atoms with Crippen LogP contribution in [0.5, 0.6) is 0 Å². The molecular formula is C9H17NO3. The number of aliphatic carboxylic acids is 1. The molecule has 0 aliphatic carbocycles. The summed E-state index contributed by atoms with van der Waals surface area (Å²) >= 11 is 0. The maximum absolute atomic E-state index is 10.3. The Bertz CT molecular complexity index is 180. The molecule has 0 aliphatic rings. The zero-order valence-corrected chi connectivity index (χ0v) is 7.92. The quantitative estimate of drug-likeness (QED) is 0.398. The van der Waals surface area contributed by atoms with Crippen molar-refractivity contribution < 1.29 is 15.0 Å². The van der Waals surface area contributed by atoms with E-state index in [1.165, 1.54) is 0 Å². The highest BCUT2D eigenvalue weighted by Gasteiger charge is 2.03. The average Bonchev–Trinajstić information content (AvgIpc) is 2.11. The molecule has 0 radical (unpaired) electrons. The van der Waals surface area contributed by atoms with Crippen LogP contribution in [-0.4, -0.2) is 35.4 Å². The summed E-state index contributed by atoms with van der Waals surface area (Å²) in [6.45, 7) is 6.15. The molecule has 0 aromatic carbocycles. The summed E-state index contributed by atoms with van der Waals surface area (Å²) in [5, 5.41) is 20.5. The van der Waals surface area contributed by atoms with Crippen molar-refractivity contribution in [3.05, 3.63) is 12.2 Å². The first-order valence-electron chi connectivity index (χ1n) is 4.37. The van der Waals surface area contributed by atoms with E-state index < -0.39 is 5.97 Å². The average molecular weight is 187 g/mol. The molecule has 3 N–H and O–H groups in total. The van der Waals surface area contributed by atoms with Crippen LogP contribution in [-0.2, 0) is 4.79 Å². The van der Waals surface area contributed by atoms with Crippen molar-refractivity contribution in [3.8, 4) is 0 Å². The lowest BCUT2D eigenvalue weighted by molar-refractivity contribution is -0.132. The van der Waals surface area contributed by atoms with E-state index in [9.17, 15) is 4.79 Å². The molecule has 0 rings (SSSR count). The predicted molar refractivity (Wildman–Crippen MR) is 50.6 cm³/mol. The summed E-state index contributed by atoms with van der Waals surface area (Å²) in [7, 11) is 0. The Labute approximate surface area is 78.3 Å². The van der Waals surface area contributed by atoms with Crippen molar-refractivity contribution in [1.29, 1.82) is 0 Å². The lowest BCUT2D eigenvalue weighted by atomic mass is 10.2. The molecule has 13 heavy (non-hydrogen) atoms. The van der Waals surface area contributed by atoms with Gasteiger partial charge in [-0.1, -0.05) is 13.5 Å². The van der Waals surface area contributed by atoms with Crippen molar-refractivity contribution in [1.82, 2.24) is 5.32 Å². The van der Waals surface area contributed by atoms with Gasteiger partial charge < -0.3 is 15.5 Å². The van der Waals surface area contributed by atoms with E-state index in [0.717, 1.165) is 6.42 Å². The van der Waals surface area contributed by atoms with Crippen LogP contribution in [0.25, 0.3) is 0 Å². The zero-order chi connectivity index (χ0) is 10.3. The van der Waals surface area contributed by atoms with E-state index in [0.29, 0.717) is 13.0 Å². The largest absolute Gasteiger partial charge is 0.478 e. The second-order valence-electron chi connectivity index (χ2n) is 2.94. The highest BCUT2D eigenvalue weighted by molar-refractivity contribution is 5.86. The molecule has 0 aromatic rings. The van der Waals surface area contributed by atoms with E-state index in [2.05, 4.69) is 11.9 Å². The smallest absolute Gasteiger partial charge is 0.332 e. The maximum atomic E-state index is 10.3. The Hall–Kier alpha value is -0.870. The molecule has 0 aromatic heterocycles. The van der Waals surface area contributed by atoms with E-state index in [4.69, 9.17) is 10.2 Å². The third kappa shape index (κ3) is 6.31. The Morgan fingerprint density at radius 2 is 2.23 bits per heavy atom. The monoisotopic (exact) mass is 187 g/mol. The van der Waals surface area contributed by atoms with Crippen LogP contribution >= 0.6 is 0 Å². The molecule has 0 bridgehead atoms. The standard InChI is InChI=1S/C9H17NO3/c1-3-8(11)4-5-10-6-7(2)9(12)13/h8,10-11H,2-6H2,1H3,(H,12,13). The van der Waals surface area contributed by atoms with Gasteiger partial charge in [-0.3, -0.25) is 0 Å². The molecule has 0 saturated heterocycles. The van der Waals surface area contributed by atoms with E-state index in [1.807, 2.05) is 6.92 Å². The van der Waals surface area contributed by atoms with Gasteiger partial charge in [0.1, 0.15) is 0 Å². The van der Waals surface area contributed by atoms with Gasteiger partial charge >= 0.3 is 5.97 Å². The van der Waals surface area contributed by atoms with E-state index in [-0.39, 0.29) is 18.2 Å². The van der Waals surface area contributed by atoms with Crippen LogP contribution in [0.1, 0.15) is 19.8 Å². The number of aliphatic hydroxyl groups excluding tert-OH is 1. The minimum absolute atomic E-state index is 0.144. The summed E-state index contributed by atoms with van der Waals surface area (Å²) < 4.78 is 0. The van der Waals surface area contributed by atoms with Crippen molar-refractivity contribution in [2.24, 2.45) is 0 Å². The zero-order valence-electron chi connectivity index (χ0n) is 7.92. The van der Waals surface area contributed by atoms with Gasteiger partial charge in [0, 0.05) is 12.1 Å². The second kappa shape index (κ2) is 6.62. The molecule has 76 valence electrons. The topological polar surface area (TPSA) is 69.6 Å². The second-order valence-corrected chi connectivity index (χ2v) is 2.94. The van der Waals surface area contributed by atoms with Gasteiger partial charge in [-0.05, 0) is 19.4 Å². The summed E-state index contributed by atoms with van der Waals surface area (Å²) in [6, 6.07) is 0. The molecule has 0 amide bonds. The summed E-state index contributed by atoms with van der Waals surface area (Å²) in [5.41, 5.74) is 0.144. The number of hydrogen-bond donors (Lipinski definition) is 3. The van der Waals surface area contributed by atoms with Gasteiger partial charge in [-0.15, -0.1) is 0 Å². The van der Waals surface area contributed by atoms with Crippen LogP contribution in [0.3, 0.4) is 0 Å². The molecular weight excluding hydrogens is 170 g/mol. The molecule has 1 unspecified atom stereocenters. The Morgan fingerprint density at radius 1 is 1.62 bits per heavy atom. The minimum atomic E-state index is -0.983. The van der Waals surface area contributed by atoms with Gasteiger partial charge in [0.2, 0.25) is 0 Å². The lowest BCUT2D eigenvalue weighted by Gasteiger charge is -2.08. The summed E-state index contributed by atoms with van der Waals surface area (Å²) in [4.78, 5) is 10.3. The molecule has 0 aliphatic heterocycles. The van der Waals surface area contributed by atoms with Gasteiger partial charge in [-0.25, -0.2) is 4.79 Å². The minimum Gasteiger partial charge on any atom is -0.478 e. The first-order chi connectivity index (χ1) is 6.07. The van der Waals surface area contributed by atoms with Crippen LogP contribution in [0, 0.1) is 0 Å². The fraction of sp³-hybridized carbons (Fsp3) is 0.667. The molecule has 0 fully saturated rings.